The highest BCUT2D eigenvalue weighted by Crippen LogP contribution is 2.27. The van der Waals surface area contributed by atoms with Crippen molar-refractivity contribution in [3.8, 4) is 0 Å². The van der Waals surface area contributed by atoms with E-state index in [1.807, 2.05) is 12.1 Å². The second-order valence-electron chi connectivity index (χ2n) is 3.28. The first-order chi connectivity index (χ1) is 6.13. The number of hydrogen-bond donors (Lipinski definition) is 2. The molecule has 0 fully saturated rings. The molecule has 0 amide bonds. The number of thiophene rings is 1. The molecule has 1 aromatic heterocycles. The lowest BCUT2D eigenvalue weighted by Crippen LogP contribution is -2.28. The van der Waals surface area contributed by atoms with Crippen LogP contribution in [0.5, 0.6) is 0 Å². The minimum absolute atomic E-state index is 0.144. The van der Waals surface area contributed by atoms with Crippen molar-refractivity contribution in [1.82, 2.24) is 0 Å². The maximum absolute atomic E-state index is 9.09. The third-order valence-corrected chi connectivity index (χ3v) is 3.46. The Labute approximate surface area is 91.1 Å². The van der Waals surface area contributed by atoms with Crippen molar-refractivity contribution < 1.29 is 5.11 Å². The highest BCUT2D eigenvalue weighted by molar-refractivity contribution is 9.11. The number of aliphatic hydroxyl groups is 1. The van der Waals surface area contributed by atoms with Crippen molar-refractivity contribution in [3.63, 3.8) is 0 Å². The zero-order valence-electron chi connectivity index (χ0n) is 7.75. The van der Waals surface area contributed by atoms with Gasteiger partial charge in [-0.25, -0.2) is 0 Å². The van der Waals surface area contributed by atoms with Gasteiger partial charge in [0.1, 0.15) is 0 Å². The molecule has 2 nitrogen and oxygen atoms in total. The van der Waals surface area contributed by atoms with E-state index in [0.29, 0.717) is 5.92 Å². The van der Waals surface area contributed by atoms with Crippen LogP contribution in [0.25, 0.3) is 0 Å². The molecule has 0 aromatic carbocycles. The summed E-state index contributed by atoms with van der Waals surface area (Å²) in [7, 11) is 0. The first-order valence-electron chi connectivity index (χ1n) is 4.26. The van der Waals surface area contributed by atoms with Gasteiger partial charge in [-0.2, -0.15) is 0 Å². The number of halogens is 1. The van der Waals surface area contributed by atoms with E-state index in [4.69, 9.17) is 5.11 Å². The van der Waals surface area contributed by atoms with Crippen LogP contribution in [0.2, 0.25) is 0 Å². The molecule has 0 aliphatic heterocycles. The highest BCUT2D eigenvalue weighted by atomic mass is 79.9. The van der Waals surface area contributed by atoms with Crippen LogP contribution in [-0.4, -0.2) is 17.8 Å². The first-order valence-corrected chi connectivity index (χ1v) is 5.87. The minimum atomic E-state index is 0.144. The maximum Gasteiger partial charge on any atom is 0.0897 e. The molecule has 1 unspecified atom stereocenters. The molecular weight excluding hydrogens is 250 g/mol. The summed E-state index contributed by atoms with van der Waals surface area (Å²) >= 11 is 5.04. The molecule has 0 saturated carbocycles. The third kappa shape index (κ3) is 3.29. The van der Waals surface area contributed by atoms with E-state index in [9.17, 15) is 0 Å². The summed E-state index contributed by atoms with van der Waals surface area (Å²) in [5.74, 6) is 0.436. The Balaban J connectivity index is 2.56. The quantitative estimate of drug-likeness (QED) is 0.876. The van der Waals surface area contributed by atoms with Gasteiger partial charge >= 0.3 is 0 Å². The summed E-state index contributed by atoms with van der Waals surface area (Å²) in [5.41, 5.74) is 0. The summed E-state index contributed by atoms with van der Waals surface area (Å²) in [5, 5.41) is 13.5. The second kappa shape index (κ2) is 4.98. The molecule has 1 atom stereocenters. The summed E-state index contributed by atoms with van der Waals surface area (Å²) in [6, 6.07) is 4.16. The van der Waals surface area contributed by atoms with Crippen LogP contribution in [0.4, 0.5) is 5.00 Å². The van der Waals surface area contributed by atoms with E-state index >= 15 is 0 Å². The van der Waals surface area contributed by atoms with Crippen LogP contribution in [0.1, 0.15) is 13.8 Å². The monoisotopic (exact) mass is 263 g/mol. The molecule has 4 heteroatoms. The molecule has 0 spiro atoms. The number of hydrogen-bond acceptors (Lipinski definition) is 3. The highest BCUT2D eigenvalue weighted by Gasteiger charge is 2.12. The lowest BCUT2D eigenvalue weighted by molar-refractivity contribution is 0.249. The summed E-state index contributed by atoms with van der Waals surface area (Å²) in [6.45, 7) is 4.36. The fraction of sp³-hybridized carbons (Fsp3) is 0.556. The lowest BCUT2D eigenvalue weighted by Gasteiger charge is -2.19. The van der Waals surface area contributed by atoms with Gasteiger partial charge in [-0.15, -0.1) is 11.3 Å². The Morgan fingerprint density at radius 1 is 1.54 bits per heavy atom. The molecule has 1 aromatic rings. The Hall–Kier alpha value is -0.0600. The average Bonchev–Trinajstić information content (AvgIpc) is 2.46. The van der Waals surface area contributed by atoms with Crippen molar-refractivity contribution in [3.05, 3.63) is 15.9 Å². The molecule has 2 N–H and O–H groups in total. The second-order valence-corrected chi connectivity index (χ2v) is 5.74. The lowest BCUT2D eigenvalue weighted by atomic mass is 10.1. The number of aliphatic hydroxyl groups excluding tert-OH is 1. The number of nitrogens with one attached hydrogen (secondary N) is 1. The smallest absolute Gasteiger partial charge is 0.0897 e. The SMILES string of the molecule is CC(C)C(CO)Nc1ccc(Br)s1. The van der Waals surface area contributed by atoms with E-state index in [0.717, 1.165) is 8.79 Å². The summed E-state index contributed by atoms with van der Waals surface area (Å²) < 4.78 is 1.11. The molecule has 0 radical (unpaired) electrons. The van der Waals surface area contributed by atoms with Crippen LogP contribution in [0.15, 0.2) is 15.9 Å². The van der Waals surface area contributed by atoms with Gasteiger partial charge in [0, 0.05) is 0 Å². The van der Waals surface area contributed by atoms with Crippen molar-refractivity contribution in [2.24, 2.45) is 5.92 Å². The third-order valence-electron chi connectivity index (χ3n) is 1.90. The predicted molar refractivity (Wildman–Crippen MR) is 61.4 cm³/mol. The molecular formula is C9H14BrNOS. The molecule has 13 heavy (non-hydrogen) atoms. The van der Waals surface area contributed by atoms with Gasteiger partial charge in [-0.05, 0) is 34.0 Å². The first kappa shape index (κ1) is 11.0. The molecule has 0 aliphatic carbocycles. The molecule has 0 aliphatic rings. The van der Waals surface area contributed by atoms with Crippen LogP contribution < -0.4 is 5.32 Å². The van der Waals surface area contributed by atoms with Crippen LogP contribution in [0, 0.1) is 5.92 Å². The molecule has 0 bridgehead atoms. The fourth-order valence-electron chi connectivity index (χ4n) is 0.998. The Morgan fingerprint density at radius 2 is 2.23 bits per heavy atom. The van der Waals surface area contributed by atoms with E-state index in [1.54, 1.807) is 11.3 Å². The van der Waals surface area contributed by atoms with Gasteiger partial charge in [0.2, 0.25) is 0 Å². The van der Waals surface area contributed by atoms with E-state index in [2.05, 4.69) is 35.1 Å². The van der Waals surface area contributed by atoms with Gasteiger partial charge in [0.05, 0.1) is 21.4 Å². The van der Waals surface area contributed by atoms with Crippen molar-refractivity contribution in [1.29, 1.82) is 0 Å². The Bertz CT molecular complexity index is 262. The van der Waals surface area contributed by atoms with Gasteiger partial charge in [0.15, 0.2) is 0 Å². The van der Waals surface area contributed by atoms with Crippen molar-refractivity contribution in [2.75, 3.05) is 11.9 Å². The number of rotatable bonds is 4. The molecule has 1 heterocycles. The molecule has 1 rings (SSSR count). The average molecular weight is 264 g/mol. The zero-order chi connectivity index (χ0) is 9.84. The summed E-state index contributed by atoms with van der Waals surface area (Å²) in [4.78, 5) is 0. The molecule has 0 saturated heterocycles. The summed E-state index contributed by atoms with van der Waals surface area (Å²) in [6.07, 6.45) is 0. The van der Waals surface area contributed by atoms with Gasteiger partial charge in [-0.1, -0.05) is 13.8 Å². The molecule has 74 valence electrons. The minimum Gasteiger partial charge on any atom is -0.394 e. The van der Waals surface area contributed by atoms with E-state index in [1.165, 1.54) is 0 Å². The van der Waals surface area contributed by atoms with E-state index < -0.39 is 0 Å². The standard InChI is InChI=1S/C9H14BrNOS/c1-6(2)7(5-12)11-9-4-3-8(10)13-9/h3-4,6-7,11-12H,5H2,1-2H3. The zero-order valence-corrected chi connectivity index (χ0v) is 10.2. The number of anilines is 1. The Kier molecular flexibility index (Phi) is 4.22. The van der Waals surface area contributed by atoms with Crippen molar-refractivity contribution in [2.45, 2.75) is 19.9 Å². The largest absolute Gasteiger partial charge is 0.394 e. The van der Waals surface area contributed by atoms with Crippen molar-refractivity contribution >= 4 is 32.3 Å². The predicted octanol–water partition coefficient (Wildman–Crippen LogP) is 2.94. The normalized spacial score (nSPS) is 13.3. The fourth-order valence-corrected chi connectivity index (χ4v) is 2.35. The van der Waals surface area contributed by atoms with Crippen LogP contribution >= 0.6 is 27.3 Å². The Morgan fingerprint density at radius 3 is 2.62 bits per heavy atom. The maximum atomic E-state index is 9.09. The topological polar surface area (TPSA) is 32.3 Å². The van der Waals surface area contributed by atoms with Gasteiger partial charge in [-0.3, -0.25) is 0 Å². The van der Waals surface area contributed by atoms with Crippen LogP contribution in [0.3, 0.4) is 0 Å². The van der Waals surface area contributed by atoms with Crippen LogP contribution in [-0.2, 0) is 0 Å². The van der Waals surface area contributed by atoms with Gasteiger partial charge in [0.25, 0.3) is 0 Å². The van der Waals surface area contributed by atoms with E-state index in [-0.39, 0.29) is 12.6 Å². The van der Waals surface area contributed by atoms with Gasteiger partial charge < -0.3 is 10.4 Å².